The van der Waals surface area contributed by atoms with E-state index in [-0.39, 0.29) is 17.8 Å². The van der Waals surface area contributed by atoms with Crippen molar-refractivity contribution in [1.29, 1.82) is 0 Å². The summed E-state index contributed by atoms with van der Waals surface area (Å²) in [7, 11) is 0. The lowest BCUT2D eigenvalue weighted by Gasteiger charge is -2.40. The molecule has 2 aromatic carbocycles. The number of allylic oxidation sites excluding steroid dienone is 1. The van der Waals surface area contributed by atoms with Crippen molar-refractivity contribution < 1.29 is 8.78 Å². The second-order valence-corrected chi connectivity index (χ2v) is 6.85. The van der Waals surface area contributed by atoms with Crippen LogP contribution in [0.25, 0.3) is 6.08 Å². The SMILES string of the molecule is Fc1ccc(N2C(C3CC3)=Cc3ccc(F)cc3C2n2ccnc2)cc1. The minimum absolute atomic E-state index is 0.255. The first kappa shape index (κ1) is 15.3. The van der Waals surface area contributed by atoms with E-state index in [1.54, 1.807) is 30.7 Å². The Hall–Kier alpha value is -2.95. The predicted octanol–water partition coefficient (Wildman–Crippen LogP) is 4.98. The van der Waals surface area contributed by atoms with Crippen molar-refractivity contribution in [2.45, 2.75) is 19.0 Å². The molecule has 0 bridgehead atoms. The Labute approximate surface area is 150 Å². The van der Waals surface area contributed by atoms with Gasteiger partial charge in [0.15, 0.2) is 0 Å². The summed E-state index contributed by atoms with van der Waals surface area (Å²) in [4.78, 5) is 6.36. The van der Waals surface area contributed by atoms with Crippen molar-refractivity contribution in [3.05, 3.63) is 89.6 Å². The van der Waals surface area contributed by atoms with Gasteiger partial charge in [-0.15, -0.1) is 0 Å². The maximum absolute atomic E-state index is 14.0. The van der Waals surface area contributed by atoms with Gasteiger partial charge < -0.3 is 9.47 Å². The highest BCUT2D eigenvalue weighted by Crippen LogP contribution is 2.48. The third-order valence-electron chi connectivity index (χ3n) is 5.06. The molecule has 5 heteroatoms. The summed E-state index contributed by atoms with van der Waals surface area (Å²) in [6.07, 6.45) is 9.50. The van der Waals surface area contributed by atoms with Crippen LogP contribution in [0.1, 0.15) is 30.1 Å². The fourth-order valence-electron chi connectivity index (χ4n) is 3.70. The molecule has 26 heavy (non-hydrogen) atoms. The molecule has 5 rings (SSSR count). The zero-order chi connectivity index (χ0) is 17.7. The zero-order valence-corrected chi connectivity index (χ0v) is 14.0. The number of rotatable bonds is 3. The van der Waals surface area contributed by atoms with Crippen molar-refractivity contribution in [2.75, 3.05) is 4.90 Å². The van der Waals surface area contributed by atoms with Gasteiger partial charge in [0, 0.05) is 29.3 Å². The van der Waals surface area contributed by atoms with Crippen molar-refractivity contribution in [3.63, 3.8) is 0 Å². The fraction of sp³-hybridized carbons (Fsp3) is 0.190. The Morgan fingerprint density at radius 2 is 1.73 bits per heavy atom. The van der Waals surface area contributed by atoms with Crippen LogP contribution in [0.5, 0.6) is 0 Å². The molecule has 0 radical (unpaired) electrons. The van der Waals surface area contributed by atoms with Crippen LogP contribution in [-0.2, 0) is 0 Å². The van der Waals surface area contributed by atoms with Crippen LogP contribution in [0.2, 0.25) is 0 Å². The average Bonchev–Trinajstić information content (AvgIpc) is 3.35. The largest absolute Gasteiger partial charge is 0.320 e. The highest BCUT2D eigenvalue weighted by molar-refractivity contribution is 5.71. The number of benzene rings is 2. The van der Waals surface area contributed by atoms with E-state index in [0.717, 1.165) is 29.7 Å². The van der Waals surface area contributed by atoms with E-state index in [1.165, 1.54) is 23.9 Å². The number of hydrogen-bond donors (Lipinski definition) is 0. The number of halogens is 2. The molecule has 0 saturated heterocycles. The van der Waals surface area contributed by atoms with E-state index < -0.39 is 0 Å². The Bertz CT molecular complexity index is 973. The van der Waals surface area contributed by atoms with E-state index in [2.05, 4.69) is 16.0 Å². The number of fused-ring (bicyclic) bond motifs is 1. The Morgan fingerprint density at radius 3 is 2.42 bits per heavy atom. The summed E-state index contributed by atoms with van der Waals surface area (Å²) in [5, 5.41) is 0. The number of imidazole rings is 1. The first-order chi connectivity index (χ1) is 12.7. The van der Waals surface area contributed by atoms with Crippen LogP contribution in [0.15, 0.2) is 66.9 Å². The molecule has 2 heterocycles. The number of hydrogen-bond acceptors (Lipinski definition) is 2. The van der Waals surface area contributed by atoms with Gasteiger partial charge >= 0.3 is 0 Å². The molecular weight excluding hydrogens is 332 g/mol. The summed E-state index contributed by atoms with van der Waals surface area (Å²) in [6, 6.07) is 11.4. The highest BCUT2D eigenvalue weighted by atomic mass is 19.1. The van der Waals surface area contributed by atoms with Gasteiger partial charge in [-0.1, -0.05) is 6.07 Å². The second-order valence-electron chi connectivity index (χ2n) is 6.85. The normalized spacial score (nSPS) is 19.2. The van der Waals surface area contributed by atoms with Gasteiger partial charge in [0.25, 0.3) is 0 Å². The lowest BCUT2D eigenvalue weighted by Crippen LogP contribution is -2.36. The summed E-state index contributed by atoms with van der Waals surface area (Å²) in [6.45, 7) is 0. The van der Waals surface area contributed by atoms with Crippen LogP contribution >= 0.6 is 0 Å². The van der Waals surface area contributed by atoms with Gasteiger partial charge in [0.2, 0.25) is 0 Å². The smallest absolute Gasteiger partial charge is 0.137 e. The summed E-state index contributed by atoms with van der Waals surface area (Å²) in [5.74, 6) is -0.0613. The minimum atomic E-state index is -0.270. The molecule has 0 spiro atoms. The molecule has 2 aliphatic rings. The van der Waals surface area contributed by atoms with Crippen LogP contribution in [0.4, 0.5) is 14.5 Å². The molecular formula is C21H17F2N3. The number of aromatic nitrogens is 2. The molecule has 0 N–H and O–H groups in total. The monoisotopic (exact) mass is 349 g/mol. The van der Waals surface area contributed by atoms with Crippen LogP contribution < -0.4 is 4.90 Å². The van der Waals surface area contributed by atoms with Crippen LogP contribution in [0.3, 0.4) is 0 Å². The predicted molar refractivity (Wildman–Crippen MR) is 96.3 cm³/mol. The topological polar surface area (TPSA) is 21.1 Å². The molecule has 1 aliphatic heterocycles. The molecule has 1 atom stereocenters. The third-order valence-corrected chi connectivity index (χ3v) is 5.06. The van der Waals surface area contributed by atoms with Gasteiger partial charge in [0.05, 0.1) is 6.33 Å². The van der Waals surface area contributed by atoms with E-state index in [1.807, 2.05) is 16.8 Å². The van der Waals surface area contributed by atoms with Crippen molar-refractivity contribution in [1.82, 2.24) is 9.55 Å². The molecule has 1 fully saturated rings. The third kappa shape index (κ3) is 2.51. The molecule has 1 aromatic heterocycles. The van der Waals surface area contributed by atoms with Crippen LogP contribution in [0, 0.1) is 17.6 Å². The maximum Gasteiger partial charge on any atom is 0.137 e. The van der Waals surface area contributed by atoms with E-state index in [0.29, 0.717) is 5.92 Å². The molecule has 1 aliphatic carbocycles. The Kier molecular flexibility index (Phi) is 3.42. The van der Waals surface area contributed by atoms with Gasteiger partial charge in [-0.05, 0) is 66.8 Å². The van der Waals surface area contributed by atoms with Crippen molar-refractivity contribution >= 4 is 11.8 Å². The molecule has 3 nitrogen and oxygen atoms in total. The van der Waals surface area contributed by atoms with Gasteiger partial charge in [-0.2, -0.15) is 0 Å². The van der Waals surface area contributed by atoms with Crippen molar-refractivity contribution in [3.8, 4) is 0 Å². The molecule has 1 unspecified atom stereocenters. The van der Waals surface area contributed by atoms with Gasteiger partial charge in [-0.25, -0.2) is 13.8 Å². The number of anilines is 1. The molecule has 3 aromatic rings. The summed E-state index contributed by atoms with van der Waals surface area (Å²) < 4.78 is 29.5. The van der Waals surface area contributed by atoms with Gasteiger partial charge in [-0.3, -0.25) is 0 Å². The summed E-state index contributed by atoms with van der Waals surface area (Å²) >= 11 is 0. The zero-order valence-electron chi connectivity index (χ0n) is 14.0. The van der Waals surface area contributed by atoms with Crippen molar-refractivity contribution in [2.24, 2.45) is 5.92 Å². The lowest BCUT2D eigenvalue weighted by atomic mass is 9.95. The van der Waals surface area contributed by atoms with Gasteiger partial charge in [0.1, 0.15) is 17.8 Å². The maximum atomic E-state index is 14.0. The van der Waals surface area contributed by atoms with E-state index in [4.69, 9.17) is 0 Å². The molecule has 130 valence electrons. The fourth-order valence-corrected chi connectivity index (χ4v) is 3.70. The molecule has 1 saturated carbocycles. The lowest BCUT2D eigenvalue weighted by molar-refractivity contribution is 0.547. The quantitative estimate of drug-likeness (QED) is 0.665. The first-order valence-corrected chi connectivity index (χ1v) is 8.74. The first-order valence-electron chi connectivity index (χ1n) is 8.74. The minimum Gasteiger partial charge on any atom is -0.320 e. The average molecular weight is 349 g/mol. The Morgan fingerprint density at radius 1 is 0.962 bits per heavy atom. The van der Waals surface area contributed by atoms with E-state index in [9.17, 15) is 8.78 Å². The highest BCUT2D eigenvalue weighted by Gasteiger charge is 2.38. The standard InChI is InChI=1S/C21H17F2N3/c22-16-5-7-18(8-6-16)26-20(14-1-2-14)11-15-3-4-17(23)12-19(15)21(26)25-10-9-24-13-25/h3-14,21H,1-2H2. The van der Waals surface area contributed by atoms with E-state index >= 15 is 0 Å². The second kappa shape index (κ2) is 5.80. The number of nitrogens with zero attached hydrogens (tertiary/aromatic N) is 3. The summed E-state index contributed by atoms with van der Waals surface area (Å²) in [5.41, 5.74) is 3.97. The van der Waals surface area contributed by atoms with Crippen LogP contribution in [-0.4, -0.2) is 9.55 Å². The Balaban J connectivity index is 1.74. The molecule has 0 amide bonds.